The maximum atomic E-state index is 13.1. The Morgan fingerprint density at radius 3 is 2.49 bits per heavy atom. The lowest BCUT2D eigenvalue weighted by atomic mass is 9.86. The minimum Gasteiger partial charge on any atom is -0.490 e. The first kappa shape index (κ1) is 31.7. The quantitative estimate of drug-likeness (QED) is 0.217. The SMILES string of the molecule is Cc1c(NC(=O)c2ccc(C(C)(C)C)cc2)cccc1-c1cn(C)c(=O)c(Nc2ccc(OCCN3CCOCC3)c(N)c2)n1. The zero-order chi connectivity index (χ0) is 32.1. The van der Waals surface area contributed by atoms with Gasteiger partial charge in [0.1, 0.15) is 12.4 Å². The van der Waals surface area contributed by atoms with Crippen molar-refractivity contribution in [3.8, 4) is 17.0 Å². The van der Waals surface area contributed by atoms with Crippen LogP contribution in [0.5, 0.6) is 5.75 Å². The summed E-state index contributed by atoms with van der Waals surface area (Å²) in [5.41, 5.74) is 11.7. The molecule has 0 unspecified atom stereocenters. The molecule has 1 aliphatic heterocycles. The van der Waals surface area contributed by atoms with Crippen LogP contribution in [0.3, 0.4) is 0 Å². The predicted molar refractivity (Wildman–Crippen MR) is 180 cm³/mol. The van der Waals surface area contributed by atoms with Crippen molar-refractivity contribution in [3.63, 3.8) is 0 Å². The number of ether oxygens (including phenoxy) is 2. The minimum absolute atomic E-state index is 0.00404. The molecule has 0 aliphatic carbocycles. The monoisotopic (exact) mass is 610 g/mol. The number of hydrogen-bond acceptors (Lipinski definition) is 8. The summed E-state index contributed by atoms with van der Waals surface area (Å²) in [6.07, 6.45) is 1.69. The zero-order valence-electron chi connectivity index (χ0n) is 26.6. The number of nitrogens with one attached hydrogen (secondary N) is 2. The number of carbonyl (C=O) groups excluding carboxylic acids is 1. The topological polar surface area (TPSA) is 124 Å². The number of amides is 1. The van der Waals surface area contributed by atoms with Gasteiger partial charge in [-0.25, -0.2) is 4.98 Å². The molecule has 236 valence electrons. The van der Waals surface area contributed by atoms with E-state index in [1.807, 2.05) is 55.5 Å². The van der Waals surface area contributed by atoms with Gasteiger partial charge in [0.2, 0.25) is 0 Å². The maximum Gasteiger partial charge on any atom is 0.293 e. The Morgan fingerprint density at radius 1 is 1.07 bits per heavy atom. The Labute approximate surface area is 264 Å². The van der Waals surface area contributed by atoms with Crippen molar-refractivity contribution in [1.82, 2.24) is 14.5 Å². The van der Waals surface area contributed by atoms with Gasteiger partial charge in [-0.3, -0.25) is 14.5 Å². The molecule has 0 saturated carbocycles. The van der Waals surface area contributed by atoms with Gasteiger partial charge in [-0.05, 0) is 59.9 Å². The van der Waals surface area contributed by atoms with Gasteiger partial charge in [-0.2, -0.15) is 0 Å². The van der Waals surface area contributed by atoms with Gasteiger partial charge in [-0.1, -0.05) is 45.0 Å². The third-order valence-electron chi connectivity index (χ3n) is 7.98. The summed E-state index contributed by atoms with van der Waals surface area (Å²) in [5.74, 6) is 0.545. The van der Waals surface area contributed by atoms with Crippen LogP contribution in [0.1, 0.15) is 42.3 Å². The number of morpholine rings is 1. The van der Waals surface area contributed by atoms with Gasteiger partial charge >= 0.3 is 0 Å². The largest absolute Gasteiger partial charge is 0.490 e. The maximum absolute atomic E-state index is 13.1. The zero-order valence-corrected chi connectivity index (χ0v) is 26.6. The fourth-order valence-corrected chi connectivity index (χ4v) is 5.19. The lowest BCUT2D eigenvalue weighted by Crippen LogP contribution is -2.38. The van der Waals surface area contributed by atoms with Crippen molar-refractivity contribution in [2.45, 2.75) is 33.1 Å². The molecule has 3 aromatic carbocycles. The number of anilines is 4. The molecule has 10 nitrogen and oxygen atoms in total. The van der Waals surface area contributed by atoms with Crippen LogP contribution in [0, 0.1) is 6.92 Å². The predicted octanol–water partition coefficient (Wildman–Crippen LogP) is 5.34. The second kappa shape index (κ2) is 13.5. The standard InChI is InChI=1S/C35H42N6O4/c1-23-27(7-6-8-29(23)39-33(42)24-9-11-25(12-10-24)35(2,3)4)30-22-40(5)34(43)32(38-30)37-26-13-14-31(28(36)21-26)45-20-17-41-15-18-44-19-16-41/h6-14,21-22H,15-20,36H2,1-5H3,(H,37,38)(H,39,42). The Morgan fingerprint density at radius 2 is 1.80 bits per heavy atom. The van der Waals surface area contributed by atoms with Gasteiger partial charge in [0.25, 0.3) is 11.5 Å². The van der Waals surface area contributed by atoms with E-state index in [0.717, 1.165) is 49.5 Å². The molecule has 5 rings (SSSR count). The molecule has 0 bridgehead atoms. The van der Waals surface area contributed by atoms with Gasteiger partial charge in [0.05, 0.1) is 24.6 Å². The molecule has 1 fully saturated rings. The van der Waals surface area contributed by atoms with Crippen molar-refractivity contribution in [2.24, 2.45) is 7.05 Å². The molecule has 4 aromatic rings. The van der Waals surface area contributed by atoms with E-state index in [-0.39, 0.29) is 22.7 Å². The van der Waals surface area contributed by atoms with E-state index >= 15 is 0 Å². The molecule has 10 heteroatoms. The highest BCUT2D eigenvalue weighted by molar-refractivity contribution is 6.05. The Bertz CT molecular complexity index is 1720. The van der Waals surface area contributed by atoms with Crippen LogP contribution in [0.4, 0.5) is 22.9 Å². The van der Waals surface area contributed by atoms with E-state index < -0.39 is 0 Å². The second-order valence-corrected chi connectivity index (χ2v) is 12.3. The molecule has 2 heterocycles. The number of rotatable bonds is 9. The van der Waals surface area contributed by atoms with E-state index in [0.29, 0.717) is 40.7 Å². The third kappa shape index (κ3) is 7.71. The molecule has 4 N–H and O–H groups in total. The minimum atomic E-state index is -0.288. The highest BCUT2D eigenvalue weighted by Gasteiger charge is 2.17. The third-order valence-corrected chi connectivity index (χ3v) is 7.98. The van der Waals surface area contributed by atoms with Crippen LogP contribution in [0.25, 0.3) is 11.3 Å². The first-order valence-corrected chi connectivity index (χ1v) is 15.2. The summed E-state index contributed by atoms with van der Waals surface area (Å²) in [5, 5.41) is 6.16. The molecule has 0 atom stereocenters. The molecule has 1 saturated heterocycles. The number of aryl methyl sites for hydroxylation is 1. The summed E-state index contributed by atoms with van der Waals surface area (Å²) in [7, 11) is 1.68. The first-order chi connectivity index (χ1) is 21.5. The van der Waals surface area contributed by atoms with Gasteiger partial charge in [-0.15, -0.1) is 0 Å². The van der Waals surface area contributed by atoms with Gasteiger partial charge in [0, 0.05) is 55.4 Å². The molecule has 45 heavy (non-hydrogen) atoms. The lowest BCUT2D eigenvalue weighted by molar-refractivity contribution is 0.0323. The highest BCUT2D eigenvalue weighted by Crippen LogP contribution is 2.30. The van der Waals surface area contributed by atoms with E-state index in [2.05, 4.69) is 41.3 Å². The number of carbonyl (C=O) groups is 1. The fraction of sp³-hybridized carbons (Fsp3) is 0.343. The summed E-state index contributed by atoms with van der Waals surface area (Å²) < 4.78 is 12.8. The smallest absolute Gasteiger partial charge is 0.293 e. The number of benzene rings is 3. The second-order valence-electron chi connectivity index (χ2n) is 12.3. The number of hydrogen-bond donors (Lipinski definition) is 3. The van der Waals surface area contributed by atoms with Crippen LogP contribution in [-0.4, -0.2) is 59.8 Å². The Balaban J connectivity index is 1.31. The Kier molecular flexibility index (Phi) is 9.55. The van der Waals surface area contributed by atoms with Gasteiger partial charge in [0.15, 0.2) is 5.82 Å². The van der Waals surface area contributed by atoms with E-state index in [4.69, 9.17) is 15.2 Å². The molecular formula is C35H42N6O4. The number of nitrogens with two attached hydrogens (primary N) is 1. The highest BCUT2D eigenvalue weighted by atomic mass is 16.5. The lowest BCUT2D eigenvalue weighted by Gasteiger charge is -2.26. The molecule has 1 aliphatic rings. The van der Waals surface area contributed by atoms with E-state index in [1.54, 1.807) is 25.4 Å². The van der Waals surface area contributed by atoms with Crippen LogP contribution in [0.2, 0.25) is 0 Å². The summed E-state index contributed by atoms with van der Waals surface area (Å²) in [4.78, 5) is 33.1. The normalized spacial score (nSPS) is 13.8. The summed E-state index contributed by atoms with van der Waals surface area (Å²) in [6, 6.07) is 18.6. The molecule has 0 spiro atoms. The molecule has 1 aromatic heterocycles. The van der Waals surface area contributed by atoms with Gasteiger partial charge < -0.3 is 30.4 Å². The summed E-state index contributed by atoms with van der Waals surface area (Å²) in [6.45, 7) is 12.9. The van der Waals surface area contributed by atoms with Crippen LogP contribution in [0.15, 0.2) is 71.7 Å². The average molecular weight is 611 g/mol. The average Bonchev–Trinajstić information content (AvgIpc) is 3.01. The number of nitrogens with zero attached hydrogens (tertiary/aromatic N) is 3. The number of nitrogen functional groups attached to an aromatic ring is 1. The van der Waals surface area contributed by atoms with Crippen molar-refractivity contribution in [3.05, 3.63) is 93.9 Å². The van der Waals surface area contributed by atoms with E-state index in [9.17, 15) is 9.59 Å². The Hall–Kier alpha value is -4.67. The van der Waals surface area contributed by atoms with Crippen LogP contribution < -0.4 is 26.7 Å². The van der Waals surface area contributed by atoms with Crippen molar-refractivity contribution < 1.29 is 14.3 Å². The van der Waals surface area contributed by atoms with E-state index in [1.165, 1.54) is 4.57 Å². The van der Waals surface area contributed by atoms with Crippen molar-refractivity contribution >= 4 is 28.8 Å². The van der Waals surface area contributed by atoms with Crippen LogP contribution in [-0.2, 0) is 17.2 Å². The molecule has 1 amide bonds. The summed E-state index contributed by atoms with van der Waals surface area (Å²) >= 11 is 0. The number of aromatic nitrogens is 2. The van der Waals surface area contributed by atoms with Crippen molar-refractivity contribution in [2.75, 3.05) is 55.8 Å². The molecular weight excluding hydrogens is 568 g/mol. The first-order valence-electron chi connectivity index (χ1n) is 15.2. The molecule has 0 radical (unpaired) electrons. The fourth-order valence-electron chi connectivity index (χ4n) is 5.19. The van der Waals surface area contributed by atoms with Crippen LogP contribution >= 0.6 is 0 Å². The van der Waals surface area contributed by atoms with Crippen molar-refractivity contribution in [1.29, 1.82) is 0 Å².